The van der Waals surface area contributed by atoms with E-state index < -0.39 is 10.0 Å². The molecule has 152 valence electrons. The quantitative estimate of drug-likeness (QED) is 0.608. The van der Waals surface area contributed by atoms with Gasteiger partial charge in [-0.1, -0.05) is 11.6 Å². The lowest BCUT2D eigenvalue weighted by Gasteiger charge is -2.13. The minimum absolute atomic E-state index is 0.245. The maximum absolute atomic E-state index is 12.3. The molecule has 0 atom stereocenters. The number of anilines is 1. The molecule has 0 aliphatic heterocycles. The first kappa shape index (κ1) is 18.7. The molecule has 2 fully saturated rings. The summed E-state index contributed by atoms with van der Waals surface area (Å²) >= 11 is 6.09. The van der Waals surface area contributed by atoms with Gasteiger partial charge in [0.1, 0.15) is 12.4 Å². The van der Waals surface area contributed by atoms with Crippen LogP contribution in [0.25, 0.3) is 5.65 Å². The minimum Gasteiger partial charge on any atom is -0.489 e. The van der Waals surface area contributed by atoms with Gasteiger partial charge in [-0.15, -0.1) is 10.2 Å². The van der Waals surface area contributed by atoms with Crippen molar-refractivity contribution < 1.29 is 13.2 Å². The molecule has 5 rings (SSSR count). The maximum atomic E-state index is 12.3. The van der Waals surface area contributed by atoms with Gasteiger partial charge < -0.3 is 4.74 Å². The van der Waals surface area contributed by atoms with Crippen molar-refractivity contribution in [2.45, 2.75) is 50.4 Å². The lowest BCUT2D eigenvalue weighted by atomic mass is 10.1. The molecule has 29 heavy (non-hydrogen) atoms. The van der Waals surface area contributed by atoms with Gasteiger partial charge in [0.15, 0.2) is 5.65 Å². The van der Waals surface area contributed by atoms with Gasteiger partial charge in [0.2, 0.25) is 16.0 Å². The van der Waals surface area contributed by atoms with Crippen LogP contribution in [0.15, 0.2) is 30.5 Å². The summed E-state index contributed by atoms with van der Waals surface area (Å²) in [5.74, 6) is 1.46. The smallest absolute Gasteiger partial charge is 0.242 e. The average molecular weight is 433 g/mol. The summed E-state index contributed by atoms with van der Waals surface area (Å²) in [5.41, 5.74) is 3.74. The van der Waals surface area contributed by atoms with Gasteiger partial charge in [0.25, 0.3) is 0 Å². The Kier molecular flexibility index (Phi) is 4.43. The number of pyridine rings is 1. The third-order valence-electron chi connectivity index (χ3n) is 5.40. The lowest BCUT2D eigenvalue weighted by Crippen LogP contribution is -2.19. The fourth-order valence-electron chi connectivity index (χ4n) is 3.40. The van der Waals surface area contributed by atoms with E-state index in [2.05, 4.69) is 14.9 Å². The molecule has 2 aliphatic carbocycles. The number of sulfonamides is 1. The SMILES string of the molecule is Cc1cc(OCc2cc3nnc(NS(=O)(=O)C4CC4)n3cc2C2CC2)ccc1Cl. The normalized spacial score (nSPS) is 16.9. The highest BCUT2D eigenvalue weighted by Gasteiger charge is 2.36. The summed E-state index contributed by atoms with van der Waals surface area (Å²) in [6.45, 7) is 2.34. The molecule has 3 aromatic rings. The molecule has 1 N–H and O–H groups in total. The fraction of sp³-hybridized carbons (Fsp3) is 0.400. The summed E-state index contributed by atoms with van der Waals surface area (Å²) in [4.78, 5) is 0. The number of nitrogens with zero attached hydrogens (tertiary/aromatic N) is 3. The third-order valence-corrected chi connectivity index (χ3v) is 7.64. The van der Waals surface area contributed by atoms with Crippen molar-refractivity contribution in [3.8, 4) is 5.75 Å². The van der Waals surface area contributed by atoms with Crippen LogP contribution in [0.4, 0.5) is 5.95 Å². The van der Waals surface area contributed by atoms with E-state index in [-0.39, 0.29) is 11.2 Å². The van der Waals surface area contributed by atoms with Crippen molar-refractivity contribution >= 4 is 33.2 Å². The summed E-state index contributed by atoms with van der Waals surface area (Å²) in [6, 6.07) is 7.53. The number of ether oxygens (including phenoxy) is 1. The van der Waals surface area contributed by atoms with Crippen LogP contribution >= 0.6 is 11.6 Å². The zero-order valence-electron chi connectivity index (χ0n) is 15.9. The predicted molar refractivity (Wildman–Crippen MR) is 111 cm³/mol. The van der Waals surface area contributed by atoms with Crippen LogP contribution in [0.1, 0.15) is 48.3 Å². The average Bonchev–Trinajstić information content (AvgIpc) is 3.59. The van der Waals surface area contributed by atoms with Gasteiger partial charge >= 0.3 is 0 Å². The summed E-state index contributed by atoms with van der Waals surface area (Å²) in [7, 11) is -3.39. The second-order valence-corrected chi connectivity index (χ2v) is 10.2. The van der Waals surface area contributed by atoms with E-state index >= 15 is 0 Å². The van der Waals surface area contributed by atoms with Crippen LogP contribution in [0.3, 0.4) is 0 Å². The van der Waals surface area contributed by atoms with Crippen molar-refractivity contribution in [3.05, 3.63) is 52.2 Å². The number of rotatable bonds is 7. The highest BCUT2D eigenvalue weighted by molar-refractivity contribution is 7.93. The molecule has 7 nitrogen and oxygen atoms in total. The molecular weight excluding hydrogens is 412 g/mol. The number of aromatic nitrogens is 3. The zero-order chi connectivity index (χ0) is 20.2. The zero-order valence-corrected chi connectivity index (χ0v) is 17.5. The third kappa shape index (κ3) is 3.79. The van der Waals surface area contributed by atoms with Gasteiger partial charge in [-0.3, -0.25) is 9.12 Å². The monoisotopic (exact) mass is 432 g/mol. The van der Waals surface area contributed by atoms with Crippen molar-refractivity contribution in [1.29, 1.82) is 0 Å². The first-order valence-electron chi connectivity index (χ1n) is 9.69. The molecule has 1 aromatic carbocycles. The van der Waals surface area contributed by atoms with Gasteiger partial charge in [0.05, 0.1) is 5.25 Å². The Labute approximate surface area is 174 Å². The summed E-state index contributed by atoms with van der Waals surface area (Å²) in [5, 5.41) is 8.62. The summed E-state index contributed by atoms with van der Waals surface area (Å²) in [6.07, 6.45) is 5.58. The molecule has 0 bridgehead atoms. The highest BCUT2D eigenvalue weighted by atomic mass is 35.5. The topological polar surface area (TPSA) is 85.6 Å². The Balaban J connectivity index is 1.44. The number of fused-ring (bicyclic) bond motifs is 1. The van der Waals surface area contributed by atoms with E-state index in [1.165, 1.54) is 0 Å². The molecule has 2 aliphatic rings. The summed E-state index contributed by atoms with van der Waals surface area (Å²) < 4.78 is 34.9. The van der Waals surface area contributed by atoms with Crippen molar-refractivity contribution in [1.82, 2.24) is 14.6 Å². The van der Waals surface area contributed by atoms with Gasteiger partial charge in [-0.25, -0.2) is 8.42 Å². The first-order chi connectivity index (χ1) is 13.9. The van der Waals surface area contributed by atoms with E-state index in [4.69, 9.17) is 16.3 Å². The van der Waals surface area contributed by atoms with Crippen molar-refractivity contribution in [3.63, 3.8) is 0 Å². The number of hydrogen-bond acceptors (Lipinski definition) is 5. The van der Waals surface area contributed by atoms with E-state index in [0.29, 0.717) is 36.0 Å². The second kappa shape index (κ2) is 6.88. The van der Waals surface area contributed by atoms with Gasteiger partial charge in [0, 0.05) is 11.2 Å². The first-order valence-corrected chi connectivity index (χ1v) is 11.6. The van der Waals surface area contributed by atoms with E-state index in [1.807, 2.05) is 37.4 Å². The van der Waals surface area contributed by atoms with Crippen molar-refractivity contribution in [2.75, 3.05) is 4.72 Å². The molecule has 0 spiro atoms. The molecule has 0 unspecified atom stereocenters. The molecule has 9 heteroatoms. The number of benzene rings is 1. The maximum Gasteiger partial charge on any atom is 0.242 e. The number of hydrogen-bond donors (Lipinski definition) is 1. The molecule has 2 aromatic heterocycles. The lowest BCUT2D eigenvalue weighted by molar-refractivity contribution is 0.304. The number of aryl methyl sites for hydroxylation is 1. The van der Waals surface area contributed by atoms with Crippen LogP contribution in [0.2, 0.25) is 5.02 Å². The van der Waals surface area contributed by atoms with Crippen LogP contribution < -0.4 is 9.46 Å². The van der Waals surface area contributed by atoms with Crippen molar-refractivity contribution in [2.24, 2.45) is 0 Å². The van der Waals surface area contributed by atoms with Gasteiger partial charge in [-0.2, -0.15) is 0 Å². The van der Waals surface area contributed by atoms with E-state index in [0.717, 1.165) is 35.3 Å². The second-order valence-electron chi connectivity index (χ2n) is 7.83. The predicted octanol–water partition coefficient (Wildman–Crippen LogP) is 4.05. The molecule has 0 saturated heterocycles. The fourth-order valence-corrected chi connectivity index (χ4v) is 4.84. The molecule has 0 amide bonds. The Morgan fingerprint density at radius 3 is 2.69 bits per heavy atom. The van der Waals surface area contributed by atoms with E-state index in [1.54, 1.807) is 4.40 Å². The molecular formula is C20H21ClN4O3S. The van der Waals surface area contributed by atoms with Crippen LogP contribution in [0, 0.1) is 6.92 Å². The number of halogens is 1. The molecule has 0 radical (unpaired) electrons. The Hall–Kier alpha value is -2.32. The highest BCUT2D eigenvalue weighted by Crippen LogP contribution is 2.42. The standard InChI is InChI=1S/C20H21ClN4O3S/c1-12-8-15(4-7-18(12)21)28-11-14-9-19-22-23-20(24-29(26,27)16-5-6-16)25(19)10-17(14)13-2-3-13/h4,7-10,13,16H,2-3,5-6,11H2,1H3,(H,23,24). The van der Waals surface area contributed by atoms with E-state index in [9.17, 15) is 8.42 Å². The minimum atomic E-state index is -3.39. The number of nitrogens with one attached hydrogen (secondary N) is 1. The van der Waals surface area contributed by atoms with Crippen LogP contribution in [0.5, 0.6) is 5.75 Å². The van der Waals surface area contributed by atoms with Gasteiger partial charge in [-0.05, 0) is 79.5 Å². The van der Waals surface area contributed by atoms with Crippen LogP contribution in [-0.2, 0) is 16.6 Å². The Morgan fingerprint density at radius 1 is 1.21 bits per heavy atom. The largest absolute Gasteiger partial charge is 0.489 e. The molecule has 2 heterocycles. The molecule has 2 saturated carbocycles. The Morgan fingerprint density at radius 2 is 2.00 bits per heavy atom. The Bertz CT molecular complexity index is 1200. The van der Waals surface area contributed by atoms with Crippen LogP contribution in [-0.4, -0.2) is 28.3 Å².